The molecule has 0 N–H and O–H groups in total. The van der Waals surface area contributed by atoms with Gasteiger partial charge in [0.2, 0.25) is 5.58 Å². The van der Waals surface area contributed by atoms with Crippen LogP contribution in [0.4, 0.5) is 5.69 Å². The molecule has 1 aliphatic heterocycles. The number of hydrogen-bond donors (Lipinski definition) is 0. The first-order chi connectivity index (χ1) is 15.5. The molecule has 3 heterocycles. The van der Waals surface area contributed by atoms with Gasteiger partial charge in [0.05, 0.1) is 11.8 Å². The Morgan fingerprint density at radius 2 is 1.97 bits per heavy atom. The lowest BCUT2D eigenvalue weighted by atomic mass is 10.2. The summed E-state index contributed by atoms with van der Waals surface area (Å²) in [6.45, 7) is 5.39. The van der Waals surface area contributed by atoms with E-state index in [-0.39, 0.29) is 5.56 Å². The van der Waals surface area contributed by atoms with Gasteiger partial charge in [-0.2, -0.15) is 4.57 Å². The number of thioether (sulfide) groups is 1. The summed E-state index contributed by atoms with van der Waals surface area (Å²) in [6, 6.07) is 13.5. The fraction of sp³-hybridized carbons (Fsp3) is 0.208. The monoisotopic (exact) mass is 464 g/mol. The van der Waals surface area contributed by atoms with Gasteiger partial charge >= 0.3 is 5.89 Å². The highest BCUT2D eigenvalue weighted by Gasteiger charge is 2.25. The van der Waals surface area contributed by atoms with Crippen LogP contribution in [-0.4, -0.2) is 17.9 Å². The molecule has 8 heteroatoms. The molecule has 0 saturated heterocycles. The first-order valence-electron chi connectivity index (χ1n) is 10.4. The largest absolute Gasteiger partial charge is 0.398 e. The molecule has 6 nitrogen and oxygen atoms in total. The maximum absolute atomic E-state index is 13.3. The lowest BCUT2D eigenvalue weighted by Crippen LogP contribution is -2.36. The van der Waals surface area contributed by atoms with Crippen LogP contribution < -0.4 is 24.2 Å². The molecule has 2 aromatic heterocycles. The summed E-state index contributed by atoms with van der Waals surface area (Å²) >= 11 is 3.03. The number of nitrogens with zero attached hydrogens (tertiary/aromatic N) is 3. The number of aromatic nitrogens is 2. The number of rotatable bonds is 4. The van der Waals surface area contributed by atoms with Gasteiger partial charge in [-0.25, -0.2) is 0 Å². The minimum Gasteiger partial charge on any atom is -0.398 e. The quantitative estimate of drug-likeness (QED) is 0.343. The van der Waals surface area contributed by atoms with Crippen molar-refractivity contribution in [2.24, 2.45) is 0 Å². The summed E-state index contributed by atoms with van der Waals surface area (Å²) in [5.74, 6) is 0.722. The van der Waals surface area contributed by atoms with E-state index in [1.807, 2.05) is 61.3 Å². The fourth-order valence-electron chi connectivity index (χ4n) is 4.00. The third-order valence-electron chi connectivity index (χ3n) is 5.61. The molecule has 32 heavy (non-hydrogen) atoms. The van der Waals surface area contributed by atoms with Gasteiger partial charge in [-0.3, -0.25) is 14.2 Å². The van der Waals surface area contributed by atoms with Crippen molar-refractivity contribution in [1.82, 2.24) is 4.57 Å². The van der Waals surface area contributed by atoms with Crippen LogP contribution in [0, 0.1) is 0 Å². The molecular weight excluding hydrogens is 442 g/mol. The molecule has 2 aromatic carbocycles. The molecule has 0 aliphatic carbocycles. The lowest BCUT2D eigenvalue weighted by Gasteiger charge is -2.12. The van der Waals surface area contributed by atoms with Crippen LogP contribution >= 0.6 is 23.1 Å². The molecule has 0 saturated carbocycles. The highest BCUT2D eigenvalue weighted by atomic mass is 32.2. The van der Waals surface area contributed by atoms with Crippen LogP contribution in [0.25, 0.3) is 22.2 Å². The Kier molecular flexibility index (Phi) is 5.27. The summed E-state index contributed by atoms with van der Waals surface area (Å²) in [6.07, 6.45) is 2.80. The van der Waals surface area contributed by atoms with Crippen LogP contribution in [0.1, 0.15) is 30.1 Å². The van der Waals surface area contributed by atoms with Crippen molar-refractivity contribution in [3.8, 4) is 0 Å². The van der Waals surface area contributed by atoms with Gasteiger partial charge in [-0.1, -0.05) is 30.0 Å². The zero-order valence-electron chi connectivity index (χ0n) is 18.0. The average molecular weight is 465 g/mol. The molecule has 0 atom stereocenters. The second kappa shape index (κ2) is 8.11. The fourth-order valence-corrected chi connectivity index (χ4v) is 6.42. The van der Waals surface area contributed by atoms with Crippen molar-refractivity contribution in [3.05, 3.63) is 73.5 Å². The Bertz CT molecular complexity index is 1540. The lowest BCUT2D eigenvalue weighted by molar-refractivity contribution is -0.674. The van der Waals surface area contributed by atoms with Crippen molar-refractivity contribution < 1.29 is 13.8 Å². The Hall–Kier alpha value is -3.10. The highest BCUT2D eigenvalue weighted by Crippen LogP contribution is 2.45. The van der Waals surface area contributed by atoms with E-state index in [1.165, 1.54) is 11.3 Å². The number of hydrogen-bond acceptors (Lipinski definition) is 6. The zero-order valence-corrected chi connectivity index (χ0v) is 19.6. The van der Waals surface area contributed by atoms with Crippen LogP contribution in [0.2, 0.25) is 0 Å². The van der Waals surface area contributed by atoms with Crippen molar-refractivity contribution in [3.63, 3.8) is 0 Å². The van der Waals surface area contributed by atoms with Gasteiger partial charge in [-0.05, 0) is 32.0 Å². The molecule has 0 fully saturated rings. The first kappa shape index (κ1) is 20.8. The van der Waals surface area contributed by atoms with E-state index < -0.39 is 0 Å². The minimum atomic E-state index is -0.0133. The zero-order chi connectivity index (χ0) is 22.4. The normalized spacial score (nSPS) is 15.6. The second-order valence-corrected chi connectivity index (χ2v) is 9.49. The van der Waals surface area contributed by atoms with Crippen molar-refractivity contribution in [2.45, 2.75) is 31.8 Å². The summed E-state index contributed by atoms with van der Waals surface area (Å²) < 4.78 is 11.5. The maximum Gasteiger partial charge on any atom is 0.377 e. The number of fused-ring (bicyclic) bond motifs is 2. The molecular formula is C24H22N3O3S2+. The van der Waals surface area contributed by atoms with E-state index in [2.05, 4.69) is 11.5 Å². The highest BCUT2D eigenvalue weighted by molar-refractivity contribution is 8.08. The van der Waals surface area contributed by atoms with Gasteiger partial charge in [-0.15, -0.1) is 11.3 Å². The second-order valence-electron chi connectivity index (χ2n) is 7.43. The molecule has 0 radical (unpaired) electrons. The standard InChI is InChI=1S/C24H22N3O3S2/c1-4-26-16-8-6-7-9-18(16)30-20(26)13-21-27(5-2)23(29)22(32-21)24-25(3)17-12-15(14-28)10-11-19(17)31-24/h6-14H,4-5H2,1-3H3/q+1/b24-22-. The van der Waals surface area contributed by atoms with Crippen LogP contribution in [-0.2, 0) is 13.1 Å². The van der Waals surface area contributed by atoms with E-state index in [0.717, 1.165) is 50.1 Å². The number of anilines is 1. The van der Waals surface area contributed by atoms with E-state index in [9.17, 15) is 9.59 Å². The summed E-state index contributed by atoms with van der Waals surface area (Å²) in [7, 11) is 1.94. The number of para-hydroxylation sites is 2. The summed E-state index contributed by atoms with van der Waals surface area (Å²) in [5.41, 5.74) is 3.41. The SMILES string of the molecule is CCn1c(=Cc2oc3ccccc3[n+]2CC)s/c(=C2\Sc3ccc(C=O)cc3N2C)c1=O. The van der Waals surface area contributed by atoms with Crippen LogP contribution in [0.15, 0.2) is 56.6 Å². The number of oxazole rings is 1. The molecule has 0 unspecified atom stereocenters. The van der Waals surface area contributed by atoms with E-state index in [1.54, 1.807) is 22.4 Å². The van der Waals surface area contributed by atoms with E-state index in [4.69, 9.17) is 4.42 Å². The molecule has 1 aliphatic rings. The summed E-state index contributed by atoms with van der Waals surface area (Å²) in [5, 5.41) is 0.882. The predicted octanol–water partition coefficient (Wildman–Crippen LogP) is 2.93. The summed E-state index contributed by atoms with van der Waals surface area (Å²) in [4.78, 5) is 27.6. The van der Waals surface area contributed by atoms with Crippen molar-refractivity contribution >= 4 is 57.3 Å². The number of thiazole rings is 1. The topological polar surface area (TPSA) is 59.3 Å². The number of aldehydes is 1. The van der Waals surface area contributed by atoms with Gasteiger partial charge < -0.3 is 9.32 Å². The van der Waals surface area contributed by atoms with Crippen molar-refractivity contribution in [1.29, 1.82) is 0 Å². The van der Waals surface area contributed by atoms with Crippen molar-refractivity contribution in [2.75, 3.05) is 11.9 Å². The average Bonchev–Trinajstić information content (AvgIpc) is 3.44. The molecule has 4 aromatic rings. The van der Waals surface area contributed by atoms with Gasteiger partial charge in [0.1, 0.15) is 27.1 Å². The number of carbonyl (C=O) groups excluding carboxylic acids is 1. The predicted molar refractivity (Wildman–Crippen MR) is 129 cm³/mol. The number of benzene rings is 2. The number of carbonyl (C=O) groups is 1. The molecule has 0 spiro atoms. The molecule has 0 amide bonds. The van der Waals surface area contributed by atoms with Crippen LogP contribution in [0.3, 0.4) is 0 Å². The Morgan fingerprint density at radius 3 is 2.72 bits per heavy atom. The van der Waals surface area contributed by atoms with Gasteiger partial charge in [0.15, 0.2) is 0 Å². The molecule has 0 bridgehead atoms. The van der Waals surface area contributed by atoms with Gasteiger partial charge in [0.25, 0.3) is 11.1 Å². The van der Waals surface area contributed by atoms with E-state index in [0.29, 0.717) is 16.6 Å². The third kappa shape index (κ3) is 3.22. The van der Waals surface area contributed by atoms with Gasteiger partial charge in [0, 0.05) is 30.1 Å². The minimum absolute atomic E-state index is 0.0133. The van der Waals surface area contributed by atoms with Crippen LogP contribution in [0.5, 0.6) is 0 Å². The number of aryl methyl sites for hydroxylation is 1. The molecule has 5 rings (SSSR count). The maximum atomic E-state index is 13.3. The smallest absolute Gasteiger partial charge is 0.377 e. The Labute approximate surface area is 192 Å². The Morgan fingerprint density at radius 1 is 1.16 bits per heavy atom. The van der Waals surface area contributed by atoms with E-state index >= 15 is 0 Å². The molecule has 162 valence electrons. The third-order valence-corrected chi connectivity index (χ3v) is 8.10. The first-order valence-corrected chi connectivity index (χ1v) is 12.1. The Balaban J connectivity index is 1.72.